The Morgan fingerprint density at radius 2 is 1.55 bits per heavy atom. The normalized spacial score (nSPS) is 13.8. The van der Waals surface area contributed by atoms with Crippen molar-refractivity contribution in [1.82, 2.24) is 5.32 Å². The summed E-state index contributed by atoms with van der Waals surface area (Å²) in [5.41, 5.74) is 2.73. The lowest BCUT2D eigenvalue weighted by atomic mass is 10.1. The van der Waals surface area contributed by atoms with Crippen LogP contribution in [-0.2, 0) is 17.9 Å². The summed E-state index contributed by atoms with van der Waals surface area (Å²) in [7, 11) is 0. The summed E-state index contributed by atoms with van der Waals surface area (Å²) in [5.74, 6) is 0.691. The summed E-state index contributed by atoms with van der Waals surface area (Å²) in [6.45, 7) is 14.8. The maximum atomic E-state index is 5.88. The molecule has 0 aliphatic carbocycles. The van der Waals surface area contributed by atoms with Gasteiger partial charge in [-0.25, -0.2) is 0 Å². The van der Waals surface area contributed by atoms with Crippen LogP contribution in [-0.4, -0.2) is 11.6 Å². The Bertz CT molecular complexity index is 375. The van der Waals surface area contributed by atoms with Crippen molar-refractivity contribution < 1.29 is 4.74 Å². The Kier molecular flexibility index (Phi) is 6.70. The van der Waals surface area contributed by atoms with E-state index in [2.05, 4.69) is 71.1 Å². The molecule has 0 aliphatic heterocycles. The van der Waals surface area contributed by atoms with Crippen molar-refractivity contribution in [3.05, 3.63) is 35.4 Å². The van der Waals surface area contributed by atoms with Gasteiger partial charge in [0.2, 0.25) is 0 Å². The molecule has 0 spiro atoms. The topological polar surface area (TPSA) is 21.3 Å². The van der Waals surface area contributed by atoms with Gasteiger partial charge >= 0.3 is 0 Å². The SMILES string of the molecule is CC(C)CC(C)OCc1ccc(CNC(C)(C)C)cc1. The van der Waals surface area contributed by atoms with E-state index >= 15 is 0 Å². The first-order valence-electron chi connectivity index (χ1n) is 7.70. The number of rotatable bonds is 7. The third-order valence-electron chi connectivity index (χ3n) is 3.18. The zero-order chi connectivity index (χ0) is 15.2. The standard InChI is InChI=1S/C18H31NO/c1-14(2)11-15(3)20-13-17-9-7-16(8-10-17)12-19-18(4,5)6/h7-10,14-15,19H,11-13H2,1-6H3. The highest BCUT2D eigenvalue weighted by Gasteiger charge is 2.08. The van der Waals surface area contributed by atoms with Crippen molar-refractivity contribution in [2.45, 2.75) is 72.8 Å². The molecule has 1 aromatic carbocycles. The second-order valence-corrected chi connectivity index (χ2v) is 7.17. The molecule has 1 atom stereocenters. The lowest BCUT2D eigenvalue weighted by Crippen LogP contribution is -2.35. The molecule has 114 valence electrons. The Labute approximate surface area is 124 Å². The van der Waals surface area contributed by atoms with Gasteiger partial charge in [-0.15, -0.1) is 0 Å². The average Bonchev–Trinajstić information content (AvgIpc) is 2.33. The monoisotopic (exact) mass is 277 g/mol. The van der Waals surface area contributed by atoms with Crippen LogP contribution in [0.3, 0.4) is 0 Å². The van der Waals surface area contributed by atoms with Gasteiger partial charge in [0.15, 0.2) is 0 Å². The van der Waals surface area contributed by atoms with E-state index in [0.29, 0.717) is 18.6 Å². The predicted molar refractivity (Wildman–Crippen MR) is 86.7 cm³/mol. The second-order valence-electron chi connectivity index (χ2n) is 7.17. The van der Waals surface area contributed by atoms with Gasteiger partial charge in [0.25, 0.3) is 0 Å². The minimum Gasteiger partial charge on any atom is -0.374 e. The van der Waals surface area contributed by atoms with Gasteiger partial charge in [0.1, 0.15) is 0 Å². The molecule has 1 rings (SSSR count). The smallest absolute Gasteiger partial charge is 0.0720 e. The summed E-state index contributed by atoms with van der Waals surface area (Å²) in [4.78, 5) is 0. The average molecular weight is 277 g/mol. The highest BCUT2D eigenvalue weighted by molar-refractivity contribution is 5.22. The first-order chi connectivity index (χ1) is 9.26. The zero-order valence-corrected chi connectivity index (χ0v) is 14.0. The minimum atomic E-state index is 0.161. The van der Waals surface area contributed by atoms with Crippen molar-refractivity contribution >= 4 is 0 Å². The van der Waals surface area contributed by atoms with Crippen LogP contribution in [0.1, 0.15) is 59.1 Å². The third kappa shape index (κ3) is 7.66. The molecule has 0 amide bonds. The highest BCUT2D eigenvalue weighted by atomic mass is 16.5. The molecule has 0 saturated carbocycles. The second kappa shape index (κ2) is 7.80. The first kappa shape index (κ1) is 17.2. The molecule has 1 unspecified atom stereocenters. The van der Waals surface area contributed by atoms with Crippen LogP contribution in [0.25, 0.3) is 0 Å². The molecule has 0 saturated heterocycles. The number of benzene rings is 1. The molecule has 1 aromatic rings. The Hall–Kier alpha value is -0.860. The summed E-state index contributed by atoms with van der Waals surface area (Å²) >= 11 is 0. The van der Waals surface area contributed by atoms with E-state index in [1.165, 1.54) is 11.1 Å². The summed E-state index contributed by atoms with van der Waals surface area (Å²) in [6.07, 6.45) is 1.45. The van der Waals surface area contributed by atoms with Crippen LogP contribution < -0.4 is 5.32 Å². The van der Waals surface area contributed by atoms with E-state index in [4.69, 9.17) is 4.74 Å². The van der Waals surface area contributed by atoms with E-state index in [1.54, 1.807) is 0 Å². The summed E-state index contributed by atoms with van der Waals surface area (Å²) in [6, 6.07) is 8.71. The van der Waals surface area contributed by atoms with E-state index in [9.17, 15) is 0 Å². The van der Waals surface area contributed by atoms with E-state index in [-0.39, 0.29) is 5.54 Å². The maximum absolute atomic E-state index is 5.88. The van der Waals surface area contributed by atoms with Crippen molar-refractivity contribution in [2.75, 3.05) is 0 Å². The molecule has 0 aromatic heterocycles. The van der Waals surface area contributed by atoms with Gasteiger partial charge in [0, 0.05) is 12.1 Å². The van der Waals surface area contributed by atoms with Gasteiger partial charge in [-0.3, -0.25) is 0 Å². The summed E-state index contributed by atoms with van der Waals surface area (Å²) < 4.78 is 5.88. The summed E-state index contributed by atoms with van der Waals surface area (Å²) in [5, 5.41) is 3.50. The molecule has 0 radical (unpaired) electrons. The molecule has 1 N–H and O–H groups in total. The van der Waals surface area contributed by atoms with Gasteiger partial charge in [0.05, 0.1) is 12.7 Å². The highest BCUT2D eigenvalue weighted by Crippen LogP contribution is 2.12. The van der Waals surface area contributed by atoms with Gasteiger partial charge in [-0.1, -0.05) is 38.1 Å². The maximum Gasteiger partial charge on any atom is 0.0720 e. The lowest BCUT2D eigenvalue weighted by Gasteiger charge is -2.20. The quantitative estimate of drug-likeness (QED) is 0.791. The van der Waals surface area contributed by atoms with Crippen molar-refractivity contribution in [3.8, 4) is 0 Å². The van der Waals surface area contributed by atoms with Crippen LogP contribution in [0.5, 0.6) is 0 Å². The largest absolute Gasteiger partial charge is 0.374 e. The Morgan fingerprint density at radius 3 is 2.05 bits per heavy atom. The molecule has 2 heteroatoms. The third-order valence-corrected chi connectivity index (χ3v) is 3.18. The molecule has 0 aliphatic rings. The molecule has 0 fully saturated rings. The number of hydrogen-bond donors (Lipinski definition) is 1. The first-order valence-corrected chi connectivity index (χ1v) is 7.70. The van der Waals surface area contributed by atoms with Crippen LogP contribution in [0, 0.1) is 5.92 Å². The van der Waals surface area contributed by atoms with Gasteiger partial charge in [-0.05, 0) is 51.2 Å². The van der Waals surface area contributed by atoms with Crippen LogP contribution in [0.4, 0.5) is 0 Å². The van der Waals surface area contributed by atoms with Crippen molar-refractivity contribution in [3.63, 3.8) is 0 Å². The fraction of sp³-hybridized carbons (Fsp3) is 0.667. The van der Waals surface area contributed by atoms with E-state index < -0.39 is 0 Å². The van der Waals surface area contributed by atoms with Crippen LogP contribution in [0.2, 0.25) is 0 Å². The van der Waals surface area contributed by atoms with Crippen LogP contribution in [0.15, 0.2) is 24.3 Å². The zero-order valence-electron chi connectivity index (χ0n) is 14.0. The van der Waals surface area contributed by atoms with Gasteiger partial charge < -0.3 is 10.1 Å². The Morgan fingerprint density at radius 1 is 1.00 bits per heavy atom. The van der Waals surface area contributed by atoms with Crippen molar-refractivity contribution in [1.29, 1.82) is 0 Å². The minimum absolute atomic E-state index is 0.161. The predicted octanol–water partition coefficient (Wildman–Crippen LogP) is 4.53. The fourth-order valence-electron chi connectivity index (χ4n) is 2.09. The van der Waals surface area contributed by atoms with E-state index in [0.717, 1.165) is 13.0 Å². The molecule has 0 bridgehead atoms. The fourth-order valence-corrected chi connectivity index (χ4v) is 2.09. The molecule has 20 heavy (non-hydrogen) atoms. The van der Waals surface area contributed by atoms with Crippen molar-refractivity contribution in [2.24, 2.45) is 5.92 Å². The van der Waals surface area contributed by atoms with Crippen LogP contribution >= 0.6 is 0 Å². The molecule has 0 heterocycles. The number of ether oxygens (including phenoxy) is 1. The van der Waals surface area contributed by atoms with Gasteiger partial charge in [-0.2, -0.15) is 0 Å². The molecular formula is C18H31NO. The van der Waals surface area contributed by atoms with E-state index in [1.807, 2.05) is 0 Å². The molecule has 2 nitrogen and oxygen atoms in total. The number of nitrogens with one attached hydrogen (secondary N) is 1. The Balaban J connectivity index is 2.39. The molecular weight excluding hydrogens is 246 g/mol. The number of hydrogen-bond acceptors (Lipinski definition) is 2. The lowest BCUT2D eigenvalue weighted by molar-refractivity contribution is 0.0397.